The summed E-state index contributed by atoms with van der Waals surface area (Å²) in [5, 5.41) is 3.06. The van der Waals surface area contributed by atoms with Crippen molar-refractivity contribution in [3.63, 3.8) is 0 Å². The van der Waals surface area contributed by atoms with Crippen molar-refractivity contribution >= 4 is 40.0 Å². The minimum Gasteiger partial charge on any atom is -0.344 e. The van der Waals surface area contributed by atoms with Crippen molar-refractivity contribution in [2.45, 2.75) is 26.7 Å². The molecule has 8 nitrogen and oxygen atoms in total. The van der Waals surface area contributed by atoms with Gasteiger partial charge in [-0.15, -0.1) is 0 Å². The molecule has 1 aliphatic rings. The Kier molecular flexibility index (Phi) is 6.40. The van der Waals surface area contributed by atoms with Crippen LogP contribution in [0.1, 0.15) is 40.7 Å². The minimum atomic E-state index is -0.335. The second-order valence-corrected chi connectivity index (χ2v) is 8.78. The lowest BCUT2D eigenvalue weighted by molar-refractivity contribution is -0.116. The van der Waals surface area contributed by atoms with Gasteiger partial charge in [0.2, 0.25) is 5.91 Å². The summed E-state index contributed by atoms with van der Waals surface area (Å²) in [5.41, 5.74) is 2.62. The molecule has 30 heavy (non-hydrogen) atoms. The van der Waals surface area contributed by atoms with Crippen molar-refractivity contribution in [2.75, 3.05) is 43.9 Å². The lowest BCUT2D eigenvalue weighted by atomic mass is 10.0. The third-order valence-electron chi connectivity index (χ3n) is 4.94. The number of nitrogens with zero attached hydrogens (tertiary/aromatic N) is 4. The molecule has 0 aliphatic carbocycles. The molecule has 0 spiro atoms. The molecule has 160 valence electrons. The first-order chi connectivity index (χ1) is 14.2. The van der Waals surface area contributed by atoms with Gasteiger partial charge in [0.25, 0.3) is 5.91 Å². The van der Waals surface area contributed by atoms with Crippen LogP contribution >= 0.6 is 11.3 Å². The highest BCUT2D eigenvalue weighted by Crippen LogP contribution is 2.25. The van der Waals surface area contributed by atoms with E-state index in [1.807, 2.05) is 24.3 Å². The highest BCUT2D eigenvalue weighted by Gasteiger charge is 2.31. The highest BCUT2D eigenvalue weighted by molar-refractivity contribution is 7.17. The van der Waals surface area contributed by atoms with Crippen LogP contribution in [0.2, 0.25) is 0 Å². The summed E-state index contributed by atoms with van der Waals surface area (Å²) < 4.78 is 0. The van der Waals surface area contributed by atoms with Gasteiger partial charge in [0.15, 0.2) is 5.13 Å². The molecule has 0 atom stereocenters. The zero-order valence-electron chi connectivity index (χ0n) is 17.9. The molecule has 1 aliphatic heterocycles. The molecule has 0 bridgehead atoms. The molecule has 9 heteroatoms. The van der Waals surface area contributed by atoms with Crippen LogP contribution in [0.5, 0.6) is 0 Å². The number of thiazole rings is 1. The van der Waals surface area contributed by atoms with Crippen LogP contribution in [0.15, 0.2) is 24.3 Å². The molecule has 2 heterocycles. The standard InChI is InChI=1S/C21H27N5O3S/c1-13(2)15-6-8-16(9-7-15)26-11-10-25(21(26)29)12-17(27)23-20-22-14(3)18(30-20)19(28)24(4)5/h6-9,13H,10-12H2,1-5H3,(H,22,23,27). The van der Waals surface area contributed by atoms with Crippen molar-refractivity contribution in [3.8, 4) is 0 Å². The van der Waals surface area contributed by atoms with Gasteiger partial charge in [0.05, 0.1) is 5.69 Å². The number of hydrogen-bond acceptors (Lipinski definition) is 5. The summed E-state index contributed by atoms with van der Waals surface area (Å²) in [6.07, 6.45) is 0. The van der Waals surface area contributed by atoms with E-state index in [0.29, 0.717) is 34.7 Å². The fourth-order valence-corrected chi connectivity index (χ4v) is 4.20. The van der Waals surface area contributed by atoms with Crippen molar-refractivity contribution < 1.29 is 14.4 Å². The van der Waals surface area contributed by atoms with Crippen molar-refractivity contribution in [2.24, 2.45) is 0 Å². The van der Waals surface area contributed by atoms with Gasteiger partial charge >= 0.3 is 6.03 Å². The molecule has 1 aromatic carbocycles. The number of aryl methyl sites for hydroxylation is 1. The second-order valence-electron chi connectivity index (χ2n) is 7.78. The lowest BCUT2D eigenvalue weighted by Gasteiger charge is -2.19. The van der Waals surface area contributed by atoms with Crippen LogP contribution in [0.3, 0.4) is 0 Å². The number of anilines is 2. The van der Waals surface area contributed by atoms with Gasteiger partial charge < -0.3 is 15.1 Å². The zero-order valence-corrected chi connectivity index (χ0v) is 18.7. The van der Waals surface area contributed by atoms with Gasteiger partial charge in [-0.1, -0.05) is 37.3 Å². The Bertz CT molecular complexity index is 952. The molecule has 0 unspecified atom stereocenters. The zero-order chi connectivity index (χ0) is 22.0. The fraction of sp³-hybridized carbons (Fsp3) is 0.429. The normalized spacial score (nSPS) is 13.9. The van der Waals surface area contributed by atoms with Crippen LogP contribution < -0.4 is 10.2 Å². The van der Waals surface area contributed by atoms with E-state index in [2.05, 4.69) is 24.1 Å². The molecule has 0 saturated carbocycles. The molecule has 4 amide bonds. The summed E-state index contributed by atoms with van der Waals surface area (Å²) in [6.45, 7) is 6.92. The van der Waals surface area contributed by atoms with E-state index in [-0.39, 0.29) is 24.4 Å². The Labute approximate surface area is 180 Å². The molecule has 1 fully saturated rings. The Morgan fingerprint density at radius 3 is 2.47 bits per heavy atom. The van der Waals surface area contributed by atoms with E-state index >= 15 is 0 Å². The number of urea groups is 1. The monoisotopic (exact) mass is 429 g/mol. The number of rotatable bonds is 6. The van der Waals surface area contributed by atoms with Gasteiger partial charge in [-0.25, -0.2) is 9.78 Å². The van der Waals surface area contributed by atoms with E-state index in [0.717, 1.165) is 17.0 Å². The van der Waals surface area contributed by atoms with Crippen LogP contribution in [-0.2, 0) is 4.79 Å². The summed E-state index contributed by atoms with van der Waals surface area (Å²) in [5.74, 6) is -0.0612. The van der Waals surface area contributed by atoms with Gasteiger partial charge in [0, 0.05) is 32.9 Å². The van der Waals surface area contributed by atoms with E-state index in [1.54, 1.807) is 25.9 Å². The minimum absolute atomic E-state index is 0.0605. The smallest absolute Gasteiger partial charge is 0.325 e. The number of amides is 4. The third kappa shape index (κ3) is 4.62. The molecular weight excluding hydrogens is 402 g/mol. The molecule has 1 N–H and O–H groups in total. The van der Waals surface area contributed by atoms with Crippen LogP contribution in [-0.4, -0.2) is 66.4 Å². The fourth-order valence-electron chi connectivity index (χ4n) is 3.19. The lowest BCUT2D eigenvalue weighted by Crippen LogP contribution is -2.37. The number of hydrogen-bond donors (Lipinski definition) is 1. The second kappa shape index (κ2) is 8.83. The maximum atomic E-state index is 12.7. The van der Waals surface area contributed by atoms with Crippen LogP contribution in [0.25, 0.3) is 0 Å². The van der Waals surface area contributed by atoms with Crippen molar-refractivity contribution in [3.05, 3.63) is 40.4 Å². The predicted molar refractivity (Wildman–Crippen MR) is 118 cm³/mol. The number of benzene rings is 1. The average molecular weight is 430 g/mol. The largest absolute Gasteiger partial charge is 0.344 e. The van der Waals surface area contributed by atoms with Gasteiger partial charge in [-0.3, -0.25) is 14.5 Å². The predicted octanol–water partition coefficient (Wildman–Crippen LogP) is 3.16. The number of carbonyl (C=O) groups is 3. The molecule has 1 saturated heterocycles. The van der Waals surface area contributed by atoms with Crippen LogP contribution in [0, 0.1) is 6.92 Å². The third-order valence-corrected chi connectivity index (χ3v) is 6.01. The SMILES string of the molecule is Cc1nc(NC(=O)CN2CCN(c3ccc(C(C)C)cc3)C2=O)sc1C(=O)N(C)C. The Balaban J connectivity index is 1.61. The maximum absolute atomic E-state index is 12.7. The number of nitrogens with one attached hydrogen (secondary N) is 1. The Morgan fingerprint density at radius 1 is 1.20 bits per heavy atom. The first-order valence-corrected chi connectivity index (χ1v) is 10.6. The molecule has 1 aromatic heterocycles. The first kappa shape index (κ1) is 21.8. The van der Waals surface area contributed by atoms with Gasteiger partial charge in [-0.05, 0) is 30.5 Å². The number of aromatic nitrogens is 1. The van der Waals surface area contributed by atoms with Crippen molar-refractivity contribution in [1.29, 1.82) is 0 Å². The van der Waals surface area contributed by atoms with E-state index in [4.69, 9.17) is 0 Å². The summed E-state index contributed by atoms with van der Waals surface area (Å²) in [7, 11) is 3.34. The topological polar surface area (TPSA) is 85.9 Å². The quantitative estimate of drug-likeness (QED) is 0.764. The van der Waals surface area contributed by atoms with E-state index in [1.165, 1.54) is 15.4 Å². The molecule has 2 aromatic rings. The Hall–Kier alpha value is -2.94. The highest BCUT2D eigenvalue weighted by atomic mass is 32.1. The average Bonchev–Trinajstić information content (AvgIpc) is 3.23. The first-order valence-electron chi connectivity index (χ1n) is 9.82. The maximum Gasteiger partial charge on any atom is 0.325 e. The molecule has 3 rings (SSSR count). The summed E-state index contributed by atoms with van der Waals surface area (Å²) in [6, 6.07) is 7.75. The van der Waals surface area contributed by atoms with E-state index < -0.39 is 0 Å². The Morgan fingerprint density at radius 2 is 1.87 bits per heavy atom. The van der Waals surface area contributed by atoms with Crippen molar-refractivity contribution in [1.82, 2.24) is 14.8 Å². The molecular formula is C21H27N5O3S. The summed E-state index contributed by atoms with van der Waals surface area (Å²) in [4.78, 5) is 46.7. The van der Waals surface area contributed by atoms with Crippen LogP contribution in [0.4, 0.5) is 15.6 Å². The van der Waals surface area contributed by atoms with Gasteiger partial charge in [0.1, 0.15) is 11.4 Å². The molecule has 0 radical (unpaired) electrons. The van der Waals surface area contributed by atoms with Gasteiger partial charge in [-0.2, -0.15) is 0 Å². The number of carbonyl (C=O) groups excluding carboxylic acids is 3. The van der Waals surface area contributed by atoms with E-state index in [9.17, 15) is 14.4 Å². The summed E-state index contributed by atoms with van der Waals surface area (Å²) >= 11 is 1.14.